The van der Waals surface area contributed by atoms with E-state index >= 15 is 0 Å². The molecule has 1 amide bonds. The van der Waals surface area contributed by atoms with Crippen molar-refractivity contribution in [3.63, 3.8) is 0 Å². The molecule has 0 aliphatic carbocycles. The Hall–Kier alpha value is -3.67. The van der Waals surface area contributed by atoms with Crippen LogP contribution in [0.4, 0.5) is 11.5 Å². The van der Waals surface area contributed by atoms with Crippen LogP contribution in [0.25, 0.3) is 5.95 Å². The van der Waals surface area contributed by atoms with Gasteiger partial charge in [0.1, 0.15) is 5.82 Å². The molecule has 0 aliphatic heterocycles. The van der Waals surface area contributed by atoms with Crippen LogP contribution in [-0.4, -0.2) is 45.3 Å². The molecule has 3 aromatic rings. The number of amides is 1. The Balaban J connectivity index is 2.07. The molecule has 0 saturated carbocycles. The Bertz CT molecular complexity index is 1260. The molecule has 162 valence electrons. The van der Waals surface area contributed by atoms with Gasteiger partial charge in [-0.1, -0.05) is 20.8 Å². The third-order valence-corrected chi connectivity index (χ3v) is 5.35. The van der Waals surface area contributed by atoms with Gasteiger partial charge < -0.3 is 5.32 Å². The molecule has 0 atom stereocenters. The van der Waals surface area contributed by atoms with Gasteiger partial charge in [-0.05, 0) is 12.1 Å². The molecule has 0 bridgehead atoms. The van der Waals surface area contributed by atoms with E-state index in [1.807, 2.05) is 20.8 Å². The number of nitrogens with one attached hydrogen (secondary N) is 1. The number of sulfone groups is 1. The third-order valence-electron chi connectivity index (χ3n) is 4.25. The van der Waals surface area contributed by atoms with E-state index in [1.54, 1.807) is 12.1 Å². The van der Waals surface area contributed by atoms with Gasteiger partial charge in [0.05, 0.1) is 15.5 Å². The summed E-state index contributed by atoms with van der Waals surface area (Å²) in [5, 5.41) is 18.3. The fourth-order valence-electron chi connectivity index (χ4n) is 2.61. The molecule has 11 nitrogen and oxygen atoms in total. The molecule has 2 heterocycles. The summed E-state index contributed by atoms with van der Waals surface area (Å²) in [4.78, 5) is 31.3. The summed E-state index contributed by atoms with van der Waals surface area (Å²) in [6.07, 6.45) is 3.95. The molecule has 31 heavy (non-hydrogen) atoms. The summed E-state index contributed by atoms with van der Waals surface area (Å²) in [5.74, 6) is -0.302. The van der Waals surface area contributed by atoms with Gasteiger partial charge in [-0.2, -0.15) is 9.78 Å². The zero-order valence-electron chi connectivity index (χ0n) is 17.2. The molecule has 0 saturated heterocycles. The maximum Gasteiger partial charge on any atom is 0.271 e. The first kappa shape index (κ1) is 22.0. The average Bonchev–Trinajstić information content (AvgIpc) is 3.12. The molecule has 3 rings (SSSR count). The number of nitro benzene ring substituents is 1. The number of benzene rings is 1. The van der Waals surface area contributed by atoms with Gasteiger partial charge in [-0.15, -0.1) is 0 Å². The molecule has 0 radical (unpaired) electrons. The number of carbonyl (C=O) groups excluding carboxylic acids is 1. The topological polar surface area (TPSA) is 150 Å². The van der Waals surface area contributed by atoms with E-state index in [0.717, 1.165) is 24.5 Å². The molecule has 12 heteroatoms. The van der Waals surface area contributed by atoms with E-state index in [-0.39, 0.29) is 27.6 Å². The third kappa shape index (κ3) is 4.91. The number of nitrogens with zero attached hydrogens (tertiary/aromatic N) is 5. The fourth-order valence-corrected chi connectivity index (χ4v) is 3.29. The van der Waals surface area contributed by atoms with E-state index < -0.39 is 26.4 Å². The molecule has 2 aromatic heterocycles. The second-order valence-corrected chi connectivity index (χ2v) is 9.84. The normalized spacial score (nSPS) is 11.9. The molecular weight excluding hydrogens is 424 g/mol. The minimum atomic E-state index is -3.78. The molecule has 1 aromatic carbocycles. The molecule has 0 fully saturated rings. The lowest BCUT2D eigenvalue weighted by molar-refractivity contribution is -0.385. The highest BCUT2D eigenvalue weighted by molar-refractivity contribution is 7.90. The second-order valence-electron chi connectivity index (χ2n) is 7.82. The van der Waals surface area contributed by atoms with Crippen molar-refractivity contribution < 1.29 is 18.1 Å². The number of hydrogen-bond donors (Lipinski definition) is 1. The van der Waals surface area contributed by atoms with Gasteiger partial charge in [0.15, 0.2) is 9.84 Å². The fraction of sp³-hybridized carbons (Fsp3) is 0.263. The van der Waals surface area contributed by atoms with Crippen LogP contribution in [0.5, 0.6) is 0 Å². The zero-order chi connectivity index (χ0) is 23.0. The number of aromatic nitrogens is 4. The first-order chi connectivity index (χ1) is 14.4. The highest BCUT2D eigenvalue weighted by Crippen LogP contribution is 2.26. The summed E-state index contributed by atoms with van der Waals surface area (Å²) >= 11 is 0. The number of hydrogen-bond acceptors (Lipinski definition) is 8. The van der Waals surface area contributed by atoms with Crippen LogP contribution in [0.15, 0.2) is 47.6 Å². The Labute approximate surface area is 178 Å². The summed E-state index contributed by atoms with van der Waals surface area (Å²) < 4.78 is 25.2. The number of carbonyl (C=O) groups is 1. The standard InChI is InChI=1S/C19H20N6O5S/c1-19(2,3)15-11-16(24(23-15)18-20-6-5-7-21-18)22-17(26)12-8-13(25(27)28)10-14(9-12)31(4,29)30/h5-11H,1-4H3,(H,22,26). The first-order valence-electron chi connectivity index (χ1n) is 9.05. The molecule has 1 N–H and O–H groups in total. The highest BCUT2D eigenvalue weighted by Gasteiger charge is 2.24. The van der Waals surface area contributed by atoms with E-state index in [1.165, 1.54) is 17.1 Å². The summed E-state index contributed by atoms with van der Waals surface area (Å²) in [5.41, 5.74) is -0.405. The lowest BCUT2D eigenvalue weighted by Gasteiger charge is -2.13. The van der Waals surface area contributed by atoms with Crippen LogP contribution in [-0.2, 0) is 15.3 Å². The summed E-state index contributed by atoms with van der Waals surface area (Å²) in [6, 6.07) is 6.27. The van der Waals surface area contributed by atoms with E-state index in [0.29, 0.717) is 5.69 Å². The van der Waals surface area contributed by atoms with Crippen molar-refractivity contribution in [1.82, 2.24) is 19.7 Å². The van der Waals surface area contributed by atoms with Gasteiger partial charge in [0, 0.05) is 47.8 Å². The lowest BCUT2D eigenvalue weighted by atomic mass is 9.92. The molecule has 0 unspecified atom stereocenters. The minimum Gasteiger partial charge on any atom is -0.306 e. The Kier molecular flexibility index (Phi) is 5.59. The maximum atomic E-state index is 12.9. The van der Waals surface area contributed by atoms with Crippen LogP contribution in [0, 0.1) is 10.1 Å². The smallest absolute Gasteiger partial charge is 0.271 e. The monoisotopic (exact) mass is 444 g/mol. The van der Waals surface area contributed by atoms with Crippen molar-refractivity contribution in [3.8, 4) is 5.95 Å². The van der Waals surface area contributed by atoms with Gasteiger partial charge >= 0.3 is 0 Å². The zero-order valence-corrected chi connectivity index (χ0v) is 18.0. The SMILES string of the molecule is CC(C)(C)c1cc(NC(=O)c2cc([N+](=O)[O-])cc(S(C)(=O)=O)c2)n(-c2ncccn2)n1. The van der Waals surface area contributed by atoms with Crippen molar-refractivity contribution in [3.05, 3.63) is 64.1 Å². The lowest BCUT2D eigenvalue weighted by Crippen LogP contribution is -2.17. The number of rotatable bonds is 5. The van der Waals surface area contributed by atoms with Gasteiger partial charge in [0.2, 0.25) is 0 Å². The first-order valence-corrected chi connectivity index (χ1v) is 10.9. The van der Waals surface area contributed by atoms with E-state index in [2.05, 4.69) is 20.4 Å². The van der Waals surface area contributed by atoms with Crippen molar-refractivity contribution in [2.75, 3.05) is 11.6 Å². The van der Waals surface area contributed by atoms with Gasteiger partial charge in [-0.3, -0.25) is 14.9 Å². The van der Waals surface area contributed by atoms with Crippen LogP contribution in [0.2, 0.25) is 0 Å². The van der Waals surface area contributed by atoms with Crippen molar-refractivity contribution in [1.29, 1.82) is 0 Å². The average molecular weight is 444 g/mol. The highest BCUT2D eigenvalue weighted by atomic mass is 32.2. The maximum absolute atomic E-state index is 12.9. The molecule has 0 aliphatic rings. The number of anilines is 1. The summed E-state index contributed by atoms with van der Waals surface area (Å²) in [7, 11) is -3.78. The quantitative estimate of drug-likeness (QED) is 0.466. The second kappa shape index (κ2) is 7.87. The summed E-state index contributed by atoms with van der Waals surface area (Å²) in [6.45, 7) is 5.82. The van der Waals surface area contributed by atoms with Crippen LogP contribution < -0.4 is 5.32 Å². The van der Waals surface area contributed by atoms with Crippen LogP contribution in [0.3, 0.4) is 0 Å². The van der Waals surface area contributed by atoms with Crippen LogP contribution >= 0.6 is 0 Å². The van der Waals surface area contributed by atoms with E-state index in [4.69, 9.17) is 0 Å². The molecular formula is C19H20N6O5S. The Morgan fingerprint density at radius 2 is 1.77 bits per heavy atom. The van der Waals surface area contributed by atoms with Crippen LogP contribution in [0.1, 0.15) is 36.8 Å². The Morgan fingerprint density at radius 3 is 2.32 bits per heavy atom. The van der Waals surface area contributed by atoms with Gasteiger partial charge in [0.25, 0.3) is 17.5 Å². The number of nitro groups is 1. The largest absolute Gasteiger partial charge is 0.306 e. The van der Waals surface area contributed by atoms with Crippen molar-refractivity contribution in [2.45, 2.75) is 31.1 Å². The number of non-ortho nitro benzene ring substituents is 1. The Morgan fingerprint density at radius 1 is 1.13 bits per heavy atom. The predicted molar refractivity (Wildman–Crippen MR) is 112 cm³/mol. The predicted octanol–water partition coefficient (Wildman–Crippen LogP) is 2.52. The van der Waals surface area contributed by atoms with Gasteiger partial charge in [-0.25, -0.2) is 18.4 Å². The molecule has 0 spiro atoms. The minimum absolute atomic E-state index is 0.186. The van der Waals surface area contributed by atoms with Crippen molar-refractivity contribution >= 4 is 27.2 Å². The van der Waals surface area contributed by atoms with E-state index in [9.17, 15) is 23.3 Å². The van der Waals surface area contributed by atoms with Crippen molar-refractivity contribution in [2.24, 2.45) is 0 Å².